The second-order valence-corrected chi connectivity index (χ2v) is 7.91. The summed E-state index contributed by atoms with van der Waals surface area (Å²) in [5, 5.41) is 3.07. The number of halogens is 1. The van der Waals surface area contributed by atoms with E-state index >= 15 is 0 Å². The van der Waals surface area contributed by atoms with Gasteiger partial charge in [0.15, 0.2) is 0 Å². The van der Waals surface area contributed by atoms with Gasteiger partial charge in [-0.3, -0.25) is 9.69 Å². The molecule has 1 amide bonds. The van der Waals surface area contributed by atoms with Crippen molar-refractivity contribution in [3.05, 3.63) is 33.4 Å². The van der Waals surface area contributed by atoms with Crippen molar-refractivity contribution in [2.45, 2.75) is 45.4 Å². The van der Waals surface area contributed by atoms with Crippen molar-refractivity contribution in [3.8, 4) is 0 Å². The molecular weight excluding hydrogens is 391 g/mol. The molecule has 0 aliphatic carbocycles. The van der Waals surface area contributed by atoms with Gasteiger partial charge in [-0.05, 0) is 68.5 Å². The first kappa shape index (κ1) is 17.7. The fourth-order valence-electron chi connectivity index (χ4n) is 2.81. The second kappa shape index (κ2) is 7.27. The minimum Gasteiger partial charge on any atom is -0.373 e. The van der Waals surface area contributed by atoms with Crippen LogP contribution in [-0.4, -0.2) is 48.2 Å². The lowest BCUT2D eigenvalue weighted by molar-refractivity contribution is -0.0948. The van der Waals surface area contributed by atoms with Gasteiger partial charge < -0.3 is 10.1 Å². The highest BCUT2D eigenvalue weighted by molar-refractivity contribution is 14.1. The van der Waals surface area contributed by atoms with Gasteiger partial charge in [-0.1, -0.05) is 6.07 Å². The van der Waals surface area contributed by atoms with Crippen molar-refractivity contribution in [3.63, 3.8) is 0 Å². The number of ether oxygens (including phenoxy) is 1. The molecule has 0 aromatic heterocycles. The normalized spacial score (nSPS) is 23.3. The lowest BCUT2D eigenvalue weighted by Gasteiger charge is -2.45. The van der Waals surface area contributed by atoms with Crippen molar-refractivity contribution < 1.29 is 9.53 Å². The topological polar surface area (TPSA) is 41.6 Å². The zero-order valence-electron chi connectivity index (χ0n) is 13.7. The number of carbonyl (C=O) groups is 1. The molecule has 0 radical (unpaired) electrons. The van der Waals surface area contributed by atoms with E-state index in [9.17, 15) is 4.79 Å². The number of hydrogen-bond acceptors (Lipinski definition) is 3. The predicted molar refractivity (Wildman–Crippen MR) is 97.2 cm³/mol. The monoisotopic (exact) mass is 416 g/mol. The maximum atomic E-state index is 12.3. The van der Waals surface area contributed by atoms with Gasteiger partial charge >= 0.3 is 0 Å². The summed E-state index contributed by atoms with van der Waals surface area (Å²) in [5.74, 6) is -0.0130. The molecule has 0 saturated carbocycles. The van der Waals surface area contributed by atoms with Crippen LogP contribution in [0, 0.1) is 3.57 Å². The van der Waals surface area contributed by atoms with Crippen LogP contribution < -0.4 is 5.32 Å². The summed E-state index contributed by atoms with van der Waals surface area (Å²) in [6, 6.07) is 7.65. The molecule has 1 aromatic rings. The Labute approximate surface area is 146 Å². The van der Waals surface area contributed by atoms with E-state index in [1.807, 2.05) is 24.3 Å². The molecule has 1 fully saturated rings. The molecule has 2 rings (SSSR count). The molecule has 1 aromatic carbocycles. The van der Waals surface area contributed by atoms with Crippen molar-refractivity contribution in [1.82, 2.24) is 10.2 Å². The van der Waals surface area contributed by atoms with Crippen molar-refractivity contribution in [1.29, 1.82) is 0 Å². The number of amides is 1. The van der Waals surface area contributed by atoms with E-state index in [1.54, 1.807) is 0 Å². The number of nitrogens with zero attached hydrogens (tertiary/aromatic N) is 1. The van der Waals surface area contributed by atoms with E-state index in [-0.39, 0.29) is 23.7 Å². The summed E-state index contributed by atoms with van der Waals surface area (Å²) in [7, 11) is 0. The van der Waals surface area contributed by atoms with E-state index < -0.39 is 0 Å². The minimum absolute atomic E-state index is 0.0130. The molecule has 122 valence electrons. The molecular formula is C17H25IN2O2. The Balaban J connectivity index is 1.95. The third kappa shape index (κ3) is 4.67. The van der Waals surface area contributed by atoms with Crippen LogP contribution in [0.25, 0.3) is 0 Å². The van der Waals surface area contributed by atoms with Gasteiger partial charge in [0.1, 0.15) is 0 Å². The average Bonchev–Trinajstić information content (AvgIpc) is 2.44. The summed E-state index contributed by atoms with van der Waals surface area (Å²) in [5.41, 5.74) is 0.621. The van der Waals surface area contributed by atoms with Crippen molar-refractivity contribution in [2.24, 2.45) is 0 Å². The average molecular weight is 416 g/mol. The number of nitrogens with one attached hydrogen (secondary N) is 1. The maximum Gasteiger partial charge on any atom is 0.251 e. The SMILES string of the molecule is C[C@@H]1CN(C(C)(C)CNC(=O)c2cccc(I)c2)C[C@H](C)O1. The quantitative estimate of drug-likeness (QED) is 0.768. The molecule has 0 spiro atoms. The Hall–Kier alpha value is -0.660. The molecule has 1 aliphatic heterocycles. The van der Waals surface area contributed by atoms with Crippen LogP contribution in [-0.2, 0) is 4.74 Å². The van der Waals surface area contributed by atoms with Crippen LogP contribution in [0.15, 0.2) is 24.3 Å². The lowest BCUT2D eigenvalue weighted by Crippen LogP contribution is -2.58. The van der Waals surface area contributed by atoms with Crippen LogP contribution in [0.3, 0.4) is 0 Å². The Morgan fingerprint density at radius 3 is 2.59 bits per heavy atom. The van der Waals surface area contributed by atoms with E-state index in [2.05, 4.69) is 60.5 Å². The Bertz CT molecular complexity index is 523. The first-order valence-electron chi connectivity index (χ1n) is 7.72. The molecule has 0 bridgehead atoms. The predicted octanol–water partition coefficient (Wildman–Crippen LogP) is 2.91. The lowest BCUT2D eigenvalue weighted by atomic mass is 10.00. The number of benzene rings is 1. The molecule has 1 heterocycles. The molecule has 22 heavy (non-hydrogen) atoms. The van der Waals surface area contributed by atoms with Crippen molar-refractivity contribution >= 4 is 28.5 Å². The maximum absolute atomic E-state index is 12.3. The van der Waals surface area contributed by atoms with Gasteiger partial charge in [-0.25, -0.2) is 0 Å². The molecule has 1 N–H and O–H groups in total. The van der Waals surface area contributed by atoms with Crippen LogP contribution in [0.5, 0.6) is 0 Å². The summed E-state index contributed by atoms with van der Waals surface area (Å²) in [6.07, 6.45) is 0.462. The summed E-state index contributed by atoms with van der Waals surface area (Å²) in [6.45, 7) is 11.0. The standard InChI is InChI=1S/C17H25IN2O2/c1-12-9-20(10-13(2)22-12)17(3,4)11-19-16(21)14-6-5-7-15(18)8-14/h5-8,12-13H,9-11H2,1-4H3,(H,19,21)/t12-,13+. The molecule has 5 heteroatoms. The highest BCUT2D eigenvalue weighted by Crippen LogP contribution is 2.20. The van der Waals surface area contributed by atoms with Crippen LogP contribution in [0.1, 0.15) is 38.1 Å². The van der Waals surface area contributed by atoms with Crippen LogP contribution >= 0.6 is 22.6 Å². The zero-order chi connectivity index (χ0) is 16.3. The van der Waals surface area contributed by atoms with E-state index in [4.69, 9.17) is 4.74 Å². The number of hydrogen-bond donors (Lipinski definition) is 1. The summed E-state index contributed by atoms with van der Waals surface area (Å²) < 4.78 is 6.86. The Morgan fingerprint density at radius 2 is 2.00 bits per heavy atom. The van der Waals surface area contributed by atoms with Gasteiger partial charge in [0, 0.05) is 34.3 Å². The van der Waals surface area contributed by atoms with E-state index in [1.165, 1.54) is 0 Å². The largest absolute Gasteiger partial charge is 0.373 e. The third-order valence-electron chi connectivity index (χ3n) is 4.04. The number of morpholine rings is 1. The first-order chi connectivity index (χ1) is 10.3. The van der Waals surface area contributed by atoms with Crippen LogP contribution in [0.2, 0.25) is 0 Å². The molecule has 1 saturated heterocycles. The minimum atomic E-state index is -0.0934. The fraction of sp³-hybridized carbons (Fsp3) is 0.588. The Morgan fingerprint density at radius 1 is 1.36 bits per heavy atom. The molecule has 2 atom stereocenters. The van der Waals surface area contributed by atoms with Gasteiger partial charge in [0.05, 0.1) is 12.2 Å². The highest BCUT2D eigenvalue weighted by atomic mass is 127. The zero-order valence-corrected chi connectivity index (χ0v) is 15.9. The second-order valence-electron chi connectivity index (χ2n) is 6.67. The third-order valence-corrected chi connectivity index (χ3v) is 4.72. The van der Waals surface area contributed by atoms with E-state index in [0.717, 1.165) is 16.7 Å². The van der Waals surface area contributed by atoms with E-state index in [0.29, 0.717) is 12.1 Å². The summed E-state index contributed by atoms with van der Waals surface area (Å²) >= 11 is 2.22. The van der Waals surface area contributed by atoms with Gasteiger partial charge in [0.2, 0.25) is 0 Å². The Kier molecular flexibility index (Phi) is 5.85. The smallest absolute Gasteiger partial charge is 0.251 e. The van der Waals surface area contributed by atoms with Crippen molar-refractivity contribution in [2.75, 3.05) is 19.6 Å². The van der Waals surface area contributed by atoms with Gasteiger partial charge in [-0.2, -0.15) is 0 Å². The van der Waals surface area contributed by atoms with Crippen LogP contribution in [0.4, 0.5) is 0 Å². The highest BCUT2D eigenvalue weighted by Gasteiger charge is 2.33. The number of carbonyl (C=O) groups excluding carboxylic acids is 1. The fourth-order valence-corrected chi connectivity index (χ4v) is 3.36. The van der Waals surface area contributed by atoms with Gasteiger partial charge in [-0.15, -0.1) is 0 Å². The molecule has 4 nitrogen and oxygen atoms in total. The van der Waals surface area contributed by atoms with Gasteiger partial charge in [0.25, 0.3) is 5.91 Å². The first-order valence-corrected chi connectivity index (χ1v) is 8.80. The molecule has 0 unspecified atom stereocenters. The summed E-state index contributed by atoms with van der Waals surface area (Å²) in [4.78, 5) is 14.7. The molecule has 1 aliphatic rings. The number of rotatable bonds is 4.